The lowest BCUT2D eigenvalue weighted by molar-refractivity contribution is 0.0387. The van der Waals surface area contributed by atoms with Crippen LogP contribution in [0.1, 0.15) is 20.7 Å². The highest BCUT2D eigenvalue weighted by atomic mass is 35.5. The van der Waals surface area contributed by atoms with E-state index in [0.29, 0.717) is 22.8 Å². The molecule has 2 aromatic rings. The first kappa shape index (κ1) is 17.0. The number of carbonyl (C=O) groups is 2. The van der Waals surface area contributed by atoms with Crippen molar-refractivity contribution < 1.29 is 23.8 Å². The van der Waals surface area contributed by atoms with Gasteiger partial charge in [-0.25, -0.2) is 9.59 Å². The van der Waals surface area contributed by atoms with Gasteiger partial charge in [0, 0.05) is 12.1 Å². The molecule has 23 heavy (non-hydrogen) atoms. The Bertz CT molecular complexity index is 682. The summed E-state index contributed by atoms with van der Waals surface area (Å²) in [6.45, 7) is 0.473. The van der Waals surface area contributed by atoms with Gasteiger partial charge in [0.1, 0.15) is 12.4 Å². The summed E-state index contributed by atoms with van der Waals surface area (Å²) in [6.07, 6.45) is 0. The van der Waals surface area contributed by atoms with E-state index in [1.807, 2.05) is 0 Å². The normalized spacial score (nSPS) is 10.2. The van der Waals surface area contributed by atoms with E-state index in [0.717, 1.165) is 0 Å². The Balaban J connectivity index is 2.03. The maximum absolute atomic E-state index is 12.0. The zero-order chi connectivity index (χ0) is 16.7. The Kier molecular flexibility index (Phi) is 6.14. The van der Waals surface area contributed by atoms with E-state index in [4.69, 9.17) is 25.8 Å². The second kappa shape index (κ2) is 8.31. The van der Waals surface area contributed by atoms with Crippen LogP contribution in [0.2, 0.25) is 5.02 Å². The lowest BCUT2D eigenvalue weighted by atomic mass is 10.2. The Morgan fingerprint density at radius 2 is 1.70 bits per heavy atom. The molecule has 0 saturated carbocycles. The summed E-state index contributed by atoms with van der Waals surface area (Å²) in [6, 6.07) is 12.5. The first-order valence-corrected chi connectivity index (χ1v) is 7.22. The van der Waals surface area contributed by atoms with E-state index in [-0.39, 0.29) is 12.4 Å². The van der Waals surface area contributed by atoms with Crippen LogP contribution in [0, 0.1) is 0 Å². The molecule has 0 fully saturated rings. The van der Waals surface area contributed by atoms with Crippen LogP contribution in [-0.2, 0) is 9.47 Å². The average molecular weight is 335 g/mol. The highest BCUT2D eigenvalue weighted by Crippen LogP contribution is 2.17. The molecule has 0 aliphatic heterocycles. The molecule has 0 aromatic heterocycles. The number of hydrogen-bond acceptors (Lipinski definition) is 5. The minimum Gasteiger partial charge on any atom is -0.460 e. The predicted octanol–water partition coefficient (Wildman–Crippen LogP) is 3.36. The molecule has 0 atom stereocenters. The molecule has 0 N–H and O–H groups in total. The Morgan fingerprint density at radius 3 is 2.39 bits per heavy atom. The number of halogens is 1. The largest absolute Gasteiger partial charge is 0.460 e. The van der Waals surface area contributed by atoms with E-state index in [2.05, 4.69) is 0 Å². The number of benzene rings is 2. The molecule has 0 heterocycles. The van der Waals surface area contributed by atoms with Crippen molar-refractivity contribution in [2.75, 3.05) is 20.3 Å². The molecule has 0 saturated heterocycles. The molecule has 6 heteroatoms. The van der Waals surface area contributed by atoms with Crippen LogP contribution in [0.25, 0.3) is 0 Å². The van der Waals surface area contributed by atoms with Gasteiger partial charge in [-0.1, -0.05) is 17.7 Å². The summed E-state index contributed by atoms with van der Waals surface area (Å²) >= 11 is 5.77. The second-order valence-electron chi connectivity index (χ2n) is 4.55. The molecule has 2 rings (SSSR count). The summed E-state index contributed by atoms with van der Waals surface area (Å²) in [5.74, 6) is -0.788. The van der Waals surface area contributed by atoms with Crippen LogP contribution in [0.3, 0.4) is 0 Å². The standard InChI is InChI=1S/C17H15ClO5/c1-21-9-10-22-16(19)13-3-2-4-15(11-13)23-17(20)12-5-7-14(18)8-6-12/h2-8,11H,9-10H2,1H3. The minimum absolute atomic E-state index is 0.157. The Hall–Kier alpha value is -2.37. The number of ether oxygens (including phenoxy) is 3. The fraction of sp³-hybridized carbons (Fsp3) is 0.176. The van der Waals surface area contributed by atoms with E-state index in [9.17, 15) is 9.59 Å². The van der Waals surface area contributed by atoms with E-state index < -0.39 is 11.9 Å². The third kappa shape index (κ3) is 5.09. The SMILES string of the molecule is COCCOC(=O)c1cccc(OC(=O)c2ccc(Cl)cc2)c1. The van der Waals surface area contributed by atoms with Gasteiger partial charge in [0.2, 0.25) is 0 Å². The van der Waals surface area contributed by atoms with Crippen molar-refractivity contribution in [3.05, 3.63) is 64.7 Å². The van der Waals surface area contributed by atoms with Crippen LogP contribution in [-0.4, -0.2) is 32.3 Å². The lowest BCUT2D eigenvalue weighted by Crippen LogP contribution is -2.11. The van der Waals surface area contributed by atoms with Crippen molar-refractivity contribution in [1.29, 1.82) is 0 Å². The molecule has 0 radical (unpaired) electrons. The van der Waals surface area contributed by atoms with Crippen LogP contribution >= 0.6 is 11.6 Å². The van der Waals surface area contributed by atoms with E-state index in [1.165, 1.54) is 13.2 Å². The van der Waals surface area contributed by atoms with Gasteiger partial charge in [0.05, 0.1) is 17.7 Å². The van der Waals surface area contributed by atoms with Crippen LogP contribution in [0.15, 0.2) is 48.5 Å². The van der Waals surface area contributed by atoms with Crippen molar-refractivity contribution in [2.24, 2.45) is 0 Å². The van der Waals surface area contributed by atoms with Gasteiger partial charge < -0.3 is 14.2 Å². The maximum Gasteiger partial charge on any atom is 0.343 e. The van der Waals surface area contributed by atoms with Crippen molar-refractivity contribution in [3.8, 4) is 5.75 Å². The first-order valence-electron chi connectivity index (χ1n) is 6.84. The van der Waals surface area contributed by atoms with Gasteiger partial charge in [0.15, 0.2) is 0 Å². The van der Waals surface area contributed by atoms with Crippen molar-refractivity contribution in [1.82, 2.24) is 0 Å². The molecule has 0 aliphatic carbocycles. The first-order chi connectivity index (χ1) is 11.1. The molecule has 0 aliphatic rings. The van der Waals surface area contributed by atoms with Gasteiger partial charge in [-0.15, -0.1) is 0 Å². The molecular formula is C17H15ClO5. The van der Waals surface area contributed by atoms with E-state index in [1.54, 1.807) is 42.5 Å². The monoisotopic (exact) mass is 334 g/mol. The number of carbonyl (C=O) groups excluding carboxylic acids is 2. The molecule has 2 aromatic carbocycles. The van der Waals surface area contributed by atoms with Crippen molar-refractivity contribution >= 4 is 23.5 Å². The van der Waals surface area contributed by atoms with Gasteiger partial charge in [0.25, 0.3) is 0 Å². The zero-order valence-electron chi connectivity index (χ0n) is 12.5. The molecule has 0 amide bonds. The fourth-order valence-corrected chi connectivity index (χ4v) is 1.87. The third-order valence-electron chi connectivity index (χ3n) is 2.88. The lowest BCUT2D eigenvalue weighted by Gasteiger charge is -2.07. The highest BCUT2D eigenvalue weighted by Gasteiger charge is 2.12. The fourth-order valence-electron chi connectivity index (χ4n) is 1.74. The maximum atomic E-state index is 12.0. The zero-order valence-corrected chi connectivity index (χ0v) is 13.2. The summed E-state index contributed by atoms with van der Waals surface area (Å²) in [7, 11) is 1.52. The summed E-state index contributed by atoms with van der Waals surface area (Å²) in [4.78, 5) is 23.9. The molecular weight excluding hydrogens is 320 g/mol. The molecule has 120 valence electrons. The van der Waals surface area contributed by atoms with Crippen LogP contribution < -0.4 is 4.74 Å². The molecule has 0 spiro atoms. The van der Waals surface area contributed by atoms with Crippen molar-refractivity contribution in [3.63, 3.8) is 0 Å². The second-order valence-corrected chi connectivity index (χ2v) is 4.99. The predicted molar refractivity (Wildman–Crippen MR) is 85.0 cm³/mol. The molecule has 5 nitrogen and oxygen atoms in total. The number of rotatable bonds is 6. The van der Waals surface area contributed by atoms with Gasteiger partial charge in [-0.3, -0.25) is 0 Å². The Morgan fingerprint density at radius 1 is 0.957 bits per heavy atom. The number of methoxy groups -OCH3 is 1. The van der Waals surface area contributed by atoms with Crippen LogP contribution in [0.5, 0.6) is 5.75 Å². The number of esters is 2. The minimum atomic E-state index is -0.536. The third-order valence-corrected chi connectivity index (χ3v) is 3.13. The summed E-state index contributed by atoms with van der Waals surface area (Å²) in [5.41, 5.74) is 0.657. The summed E-state index contributed by atoms with van der Waals surface area (Å²) in [5, 5.41) is 0.530. The Labute approximate surface area is 138 Å². The molecule has 0 bridgehead atoms. The average Bonchev–Trinajstić information content (AvgIpc) is 2.56. The quantitative estimate of drug-likeness (QED) is 0.460. The smallest absolute Gasteiger partial charge is 0.343 e. The summed E-state index contributed by atoms with van der Waals surface area (Å²) < 4.78 is 15.1. The van der Waals surface area contributed by atoms with E-state index >= 15 is 0 Å². The van der Waals surface area contributed by atoms with Crippen LogP contribution in [0.4, 0.5) is 0 Å². The topological polar surface area (TPSA) is 61.8 Å². The van der Waals surface area contributed by atoms with Gasteiger partial charge >= 0.3 is 11.9 Å². The van der Waals surface area contributed by atoms with Gasteiger partial charge in [-0.2, -0.15) is 0 Å². The van der Waals surface area contributed by atoms with Gasteiger partial charge in [-0.05, 0) is 42.5 Å². The number of hydrogen-bond donors (Lipinski definition) is 0. The van der Waals surface area contributed by atoms with Crippen molar-refractivity contribution in [2.45, 2.75) is 0 Å². The highest BCUT2D eigenvalue weighted by molar-refractivity contribution is 6.30. The molecule has 0 unspecified atom stereocenters.